The van der Waals surface area contributed by atoms with Crippen LogP contribution in [0.15, 0.2) is 24.3 Å². The maximum atomic E-state index is 5.79. The number of nitrogens with two attached hydrogens (primary N) is 1. The van der Waals surface area contributed by atoms with Gasteiger partial charge < -0.3 is 5.73 Å². The first-order valence-corrected chi connectivity index (χ1v) is 6.43. The van der Waals surface area contributed by atoms with E-state index in [1.54, 1.807) is 0 Å². The lowest BCUT2D eigenvalue weighted by molar-refractivity contribution is 0.680. The smallest absolute Gasteiger partial charge is 0.000794 e. The summed E-state index contributed by atoms with van der Waals surface area (Å²) in [5.74, 6) is 1.72. The van der Waals surface area contributed by atoms with Crippen molar-refractivity contribution >= 4 is 11.8 Å². The fraction of sp³-hybridized carbons (Fsp3) is 0.500. The Balaban J connectivity index is 2.68. The highest BCUT2D eigenvalue weighted by atomic mass is 32.2. The molecule has 0 aromatic heterocycles. The molecule has 0 radical (unpaired) electrons. The molecule has 1 aromatic rings. The average Bonchev–Trinajstić information content (AvgIpc) is 2.19. The summed E-state index contributed by atoms with van der Waals surface area (Å²) in [4.78, 5) is 0. The molecule has 1 unspecified atom stereocenters. The maximum Gasteiger partial charge on any atom is -0.000794 e. The maximum absolute atomic E-state index is 5.79. The number of thioether (sulfide) groups is 1. The summed E-state index contributed by atoms with van der Waals surface area (Å²) >= 11 is 1.89. The van der Waals surface area contributed by atoms with Crippen LogP contribution < -0.4 is 5.73 Å². The van der Waals surface area contributed by atoms with Crippen LogP contribution >= 0.6 is 11.8 Å². The fourth-order valence-corrected chi connectivity index (χ4v) is 2.12. The molecule has 0 aliphatic rings. The van der Waals surface area contributed by atoms with E-state index in [9.17, 15) is 0 Å². The number of hydrogen-bond acceptors (Lipinski definition) is 2. The van der Waals surface area contributed by atoms with Crippen LogP contribution in [0.4, 0.5) is 0 Å². The van der Waals surface area contributed by atoms with Crippen molar-refractivity contribution in [2.24, 2.45) is 5.73 Å². The summed E-state index contributed by atoms with van der Waals surface area (Å²) in [6, 6.07) is 8.68. The monoisotopic (exact) mass is 209 g/mol. The van der Waals surface area contributed by atoms with Crippen molar-refractivity contribution in [1.82, 2.24) is 0 Å². The predicted molar refractivity (Wildman–Crippen MR) is 66.0 cm³/mol. The Kier molecular flexibility index (Phi) is 5.05. The molecule has 0 amide bonds. The topological polar surface area (TPSA) is 26.0 Å². The summed E-state index contributed by atoms with van der Waals surface area (Å²) < 4.78 is 0. The minimum absolute atomic E-state index is 0.530. The van der Waals surface area contributed by atoms with Crippen molar-refractivity contribution in [1.29, 1.82) is 0 Å². The van der Waals surface area contributed by atoms with Crippen molar-refractivity contribution < 1.29 is 0 Å². The van der Waals surface area contributed by atoms with E-state index in [-0.39, 0.29) is 0 Å². The van der Waals surface area contributed by atoms with E-state index in [2.05, 4.69) is 37.4 Å². The molecule has 1 aromatic carbocycles. The second-order valence-corrected chi connectivity index (χ2v) is 4.61. The van der Waals surface area contributed by atoms with Gasteiger partial charge in [-0.2, -0.15) is 11.8 Å². The first-order chi connectivity index (χ1) is 6.77. The second kappa shape index (κ2) is 6.10. The van der Waals surface area contributed by atoms with Crippen LogP contribution in [0, 0.1) is 6.92 Å². The summed E-state index contributed by atoms with van der Waals surface area (Å²) in [5, 5.41) is 0. The third-order valence-electron chi connectivity index (χ3n) is 2.47. The van der Waals surface area contributed by atoms with Crippen LogP contribution in [0.1, 0.15) is 23.5 Å². The largest absolute Gasteiger partial charge is 0.330 e. The SMILES string of the molecule is CSCCC(CN)c1cccc(C)c1. The molecule has 0 bridgehead atoms. The molecule has 1 nitrogen and oxygen atoms in total. The zero-order chi connectivity index (χ0) is 10.4. The lowest BCUT2D eigenvalue weighted by Crippen LogP contribution is -2.13. The van der Waals surface area contributed by atoms with Gasteiger partial charge >= 0.3 is 0 Å². The van der Waals surface area contributed by atoms with E-state index in [0.717, 1.165) is 6.54 Å². The highest BCUT2D eigenvalue weighted by Crippen LogP contribution is 2.20. The van der Waals surface area contributed by atoms with Crippen LogP contribution in [0.3, 0.4) is 0 Å². The highest BCUT2D eigenvalue weighted by molar-refractivity contribution is 7.98. The third-order valence-corrected chi connectivity index (χ3v) is 3.11. The molecular weight excluding hydrogens is 190 g/mol. The van der Waals surface area contributed by atoms with Crippen LogP contribution in [0.5, 0.6) is 0 Å². The minimum Gasteiger partial charge on any atom is -0.330 e. The molecule has 0 heterocycles. The van der Waals surface area contributed by atoms with Gasteiger partial charge in [0.2, 0.25) is 0 Å². The minimum atomic E-state index is 0.530. The number of hydrogen-bond donors (Lipinski definition) is 1. The predicted octanol–water partition coefficient (Wildman–Crippen LogP) is 2.79. The van der Waals surface area contributed by atoms with Gasteiger partial charge in [-0.25, -0.2) is 0 Å². The van der Waals surface area contributed by atoms with Crippen LogP contribution in [-0.2, 0) is 0 Å². The van der Waals surface area contributed by atoms with Gasteiger partial charge in [-0.15, -0.1) is 0 Å². The zero-order valence-electron chi connectivity index (χ0n) is 8.99. The molecule has 2 heteroatoms. The molecular formula is C12H19NS. The van der Waals surface area contributed by atoms with Crippen LogP contribution in [-0.4, -0.2) is 18.6 Å². The normalized spacial score (nSPS) is 12.8. The van der Waals surface area contributed by atoms with Crippen molar-refractivity contribution in [2.45, 2.75) is 19.3 Å². The zero-order valence-corrected chi connectivity index (χ0v) is 9.81. The van der Waals surface area contributed by atoms with E-state index in [1.165, 1.54) is 23.3 Å². The van der Waals surface area contributed by atoms with E-state index in [0.29, 0.717) is 5.92 Å². The van der Waals surface area contributed by atoms with Crippen molar-refractivity contribution in [2.75, 3.05) is 18.6 Å². The third kappa shape index (κ3) is 3.35. The number of aryl methyl sites for hydroxylation is 1. The van der Waals surface area contributed by atoms with Gasteiger partial charge in [0.25, 0.3) is 0 Å². The standard InChI is InChI=1S/C12H19NS/c1-10-4-3-5-11(8-10)12(9-13)6-7-14-2/h3-5,8,12H,6-7,9,13H2,1-2H3. The van der Waals surface area contributed by atoms with Gasteiger partial charge in [-0.1, -0.05) is 29.8 Å². The van der Waals surface area contributed by atoms with Gasteiger partial charge in [0.15, 0.2) is 0 Å². The molecule has 0 aliphatic carbocycles. The molecule has 0 aliphatic heterocycles. The lowest BCUT2D eigenvalue weighted by atomic mass is 9.95. The molecule has 1 rings (SSSR count). The van der Waals surface area contributed by atoms with Crippen molar-refractivity contribution in [3.05, 3.63) is 35.4 Å². The molecule has 0 saturated heterocycles. The summed E-state index contributed by atoms with van der Waals surface area (Å²) in [7, 11) is 0. The summed E-state index contributed by atoms with van der Waals surface area (Å²) in [6.45, 7) is 2.88. The molecule has 0 spiro atoms. The molecule has 14 heavy (non-hydrogen) atoms. The van der Waals surface area contributed by atoms with E-state index in [4.69, 9.17) is 5.73 Å². The summed E-state index contributed by atoms with van der Waals surface area (Å²) in [5.41, 5.74) is 8.50. The highest BCUT2D eigenvalue weighted by Gasteiger charge is 2.08. The first-order valence-electron chi connectivity index (χ1n) is 5.03. The van der Waals surface area contributed by atoms with E-state index < -0.39 is 0 Å². The molecule has 0 fully saturated rings. The number of benzene rings is 1. The Morgan fingerprint density at radius 1 is 1.43 bits per heavy atom. The van der Waals surface area contributed by atoms with E-state index in [1.807, 2.05) is 11.8 Å². The lowest BCUT2D eigenvalue weighted by Gasteiger charge is -2.14. The van der Waals surface area contributed by atoms with Crippen molar-refractivity contribution in [3.8, 4) is 0 Å². The van der Waals surface area contributed by atoms with Gasteiger partial charge in [-0.05, 0) is 43.4 Å². The van der Waals surface area contributed by atoms with Gasteiger partial charge in [0, 0.05) is 0 Å². The van der Waals surface area contributed by atoms with Crippen LogP contribution in [0.2, 0.25) is 0 Å². The Labute approximate surface area is 91.1 Å². The Morgan fingerprint density at radius 3 is 2.79 bits per heavy atom. The number of rotatable bonds is 5. The van der Waals surface area contributed by atoms with E-state index >= 15 is 0 Å². The Hall–Kier alpha value is -0.470. The molecule has 1 atom stereocenters. The van der Waals surface area contributed by atoms with Gasteiger partial charge in [-0.3, -0.25) is 0 Å². The quantitative estimate of drug-likeness (QED) is 0.807. The average molecular weight is 209 g/mol. The first kappa shape index (κ1) is 11.6. The fourth-order valence-electron chi connectivity index (χ4n) is 1.60. The van der Waals surface area contributed by atoms with Gasteiger partial charge in [0.05, 0.1) is 0 Å². The Morgan fingerprint density at radius 2 is 2.21 bits per heavy atom. The van der Waals surface area contributed by atoms with Crippen molar-refractivity contribution in [3.63, 3.8) is 0 Å². The summed E-state index contributed by atoms with van der Waals surface area (Å²) in [6.07, 6.45) is 3.32. The molecule has 78 valence electrons. The van der Waals surface area contributed by atoms with Gasteiger partial charge in [0.1, 0.15) is 0 Å². The van der Waals surface area contributed by atoms with Crippen LogP contribution in [0.25, 0.3) is 0 Å². The second-order valence-electron chi connectivity index (χ2n) is 3.63. The molecule has 0 saturated carbocycles. The Bertz CT molecular complexity index is 273. The molecule has 2 N–H and O–H groups in total.